The summed E-state index contributed by atoms with van der Waals surface area (Å²) in [5.41, 5.74) is 0. The zero-order chi connectivity index (χ0) is 12.7. The monoisotopic (exact) mass is 229 g/mol. The number of carbonyl (C=O) groups excluding carboxylic acids is 1. The lowest BCUT2D eigenvalue weighted by Gasteiger charge is -2.03. The Labute approximate surface area is 90.7 Å². The van der Waals surface area contributed by atoms with E-state index in [1.807, 2.05) is 0 Å². The highest BCUT2D eigenvalue weighted by Crippen LogP contribution is 1.89. The Kier molecular flexibility index (Phi) is 5.25. The van der Waals surface area contributed by atoms with E-state index in [0.29, 0.717) is 18.7 Å². The molecule has 0 bridgehead atoms. The summed E-state index contributed by atoms with van der Waals surface area (Å²) in [7, 11) is 1.69. The van der Waals surface area contributed by atoms with Gasteiger partial charge in [-0.15, -0.1) is 0 Å². The summed E-state index contributed by atoms with van der Waals surface area (Å²) >= 11 is 0. The van der Waals surface area contributed by atoms with Gasteiger partial charge in [0.15, 0.2) is 5.96 Å². The van der Waals surface area contributed by atoms with E-state index in [1.165, 1.54) is 0 Å². The van der Waals surface area contributed by atoms with Crippen LogP contribution >= 0.6 is 0 Å². The predicted octanol–water partition coefficient (Wildman–Crippen LogP) is -1.31. The fourth-order valence-corrected chi connectivity index (χ4v) is 0.704. The van der Waals surface area contributed by atoms with Gasteiger partial charge < -0.3 is 15.1 Å². The molecule has 8 heteroatoms. The molecule has 1 rings (SSSR count). The van der Waals surface area contributed by atoms with E-state index < -0.39 is 11.9 Å². The first-order chi connectivity index (χ1) is 7.32. The molecule has 0 aliphatic carbocycles. The van der Waals surface area contributed by atoms with Crippen LogP contribution in [-0.4, -0.2) is 52.5 Å². The zero-order valence-corrected chi connectivity index (χ0v) is 8.43. The first kappa shape index (κ1) is 13.6. The van der Waals surface area contributed by atoms with Crippen LogP contribution in [-0.2, 0) is 14.4 Å². The third-order valence-corrected chi connectivity index (χ3v) is 1.39. The second kappa shape index (κ2) is 6.17. The van der Waals surface area contributed by atoms with Crippen LogP contribution in [0.1, 0.15) is 0 Å². The number of nitrogens with one attached hydrogen (secondary N) is 2. The minimum atomic E-state index is -1.26. The highest BCUT2D eigenvalue weighted by atomic mass is 16.4. The zero-order valence-electron chi connectivity index (χ0n) is 8.43. The van der Waals surface area contributed by atoms with Crippen LogP contribution < -0.4 is 5.32 Å². The van der Waals surface area contributed by atoms with Crippen molar-refractivity contribution in [3.05, 3.63) is 12.2 Å². The van der Waals surface area contributed by atoms with E-state index >= 15 is 0 Å². The number of rotatable bonds is 2. The summed E-state index contributed by atoms with van der Waals surface area (Å²) in [4.78, 5) is 31.0. The van der Waals surface area contributed by atoms with Gasteiger partial charge in [0.2, 0.25) is 5.91 Å². The number of nitrogens with zero attached hydrogens (tertiary/aromatic N) is 1. The molecule has 4 N–H and O–H groups in total. The molecule has 1 aliphatic rings. The van der Waals surface area contributed by atoms with Crippen LogP contribution in [0.4, 0.5) is 0 Å². The second-order valence-corrected chi connectivity index (χ2v) is 2.76. The molecule has 0 radical (unpaired) electrons. The van der Waals surface area contributed by atoms with E-state index in [-0.39, 0.29) is 11.9 Å². The van der Waals surface area contributed by atoms with E-state index in [4.69, 9.17) is 15.6 Å². The number of amides is 1. The number of hydrogen-bond acceptors (Lipinski definition) is 4. The van der Waals surface area contributed by atoms with Crippen LogP contribution in [0, 0.1) is 5.41 Å². The Morgan fingerprint density at radius 1 is 1.38 bits per heavy atom. The molecule has 0 aromatic rings. The highest BCUT2D eigenvalue weighted by molar-refractivity contribution is 6.02. The largest absolute Gasteiger partial charge is 0.478 e. The van der Waals surface area contributed by atoms with Crippen LogP contribution in [0.15, 0.2) is 12.2 Å². The summed E-state index contributed by atoms with van der Waals surface area (Å²) in [6.45, 7) is 0.318. The molecule has 0 aromatic heterocycles. The van der Waals surface area contributed by atoms with E-state index in [0.717, 1.165) is 0 Å². The van der Waals surface area contributed by atoms with Crippen molar-refractivity contribution in [2.45, 2.75) is 0 Å². The molecule has 8 nitrogen and oxygen atoms in total. The van der Waals surface area contributed by atoms with Gasteiger partial charge in [-0.05, 0) is 0 Å². The molecule has 1 fully saturated rings. The minimum absolute atomic E-state index is 0.0995. The molecule has 1 aliphatic heterocycles. The summed E-state index contributed by atoms with van der Waals surface area (Å²) in [6, 6.07) is 0. The Morgan fingerprint density at radius 2 is 1.81 bits per heavy atom. The van der Waals surface area contributed by atoms with Crippen molar-refractivity contribution < 1.29 is 24.6 Å². The molecule has 1 saturated heterocycles. The Balaban J connectivity index is 0.000000281. The van der Waals surface area contributed by atoms with E-state index in [2.05, 4.69) is 5.32 Å². The van der Waals surface area contributed by atoms with Crippen molar-refractivity contribution in [3.8, 4) is 0 Å². The topological polar surface area (TPSA) is 131 Å². The number of likely N-dealkylation sites (N-methyl/N-ethyl adjacent to an activating group) is 1. The number of hydrogen-bond donors (Lipinski definition) is 4. The number of carboxylic acid groups (broad SMARTS) is 2. The average Bonchev–Trinajstić information content (AvgIpc) is 2.42. The number of carboxylic acids is 2. The minimum Gasteiger partial charge on any atom is -0.478 e. The molecular formula is C8H11N3O5. The van der Waals surface area contributed by atoms with Crippen molar-refractivity contribution in [1.82, 2.24) is 10.2 Å². The average molecular weight is 229 g/mol. The fraction of sp³-hybridized carbons (Fsp3) is 0.250. The molecule has 0 unspecified atom stereocenters. The highest BCUT2D eigenvalue weighted by Gasteiger charge is 2.18. The van der Waals surface area contributed by atoms with Gasteiger partial charge in [-0.1, -0.05) is 0 Å². The smallest absolute Gasteiger partial charge is 0.328 e. The maximum absolute atomic E-state index is 10.4. The standard InChI is InChI=1S/C4H7N3O.C4H4O4/c1-7-2-3(8)6-4(7)5;5-3(6)1-2-4(7)8/h2H2,1H3,(H2,5,6,8);1-2H,(H,5,6)(H,7,8)/b;2-1+. The molecule has 0 spiro atoms. The quantitative estimate of drug-likeness (QED) is 0.435. The van der Waals surface area contributed by atoms with Gasteiger partial charge in [-0.25, -0.2) is 9.59 Å². The summed E-state index contributed by atoms with van der Waals surface area (Å²) < 4.78 is 0. The van der Waals surface area contributed by atoms with Gasteiger partial charge in [0.1, 0.15) is 0 Å². The van der Waals surface area contributed by atoms with E-state index in [9.17, 15) is 14.4 Å². The van der Waals surface area contributed by atoms with Crippen molar-refractivity contribution in [3.63, 3.8) is 0 Å². The molecular weight excluding hydrogens is 218 g/mol. The first-order valence-corrected chi connectivity index (χ1v) is 4.06. The normalized spacial score (nSPS) is 14.4. The summed E-state index contributed by atoms with van der Waals surface area (Å²) in [5.74, 6) is -2.42. The van der Waals surface area contributed by atoms with Crippen molar-refractivity contribution in [1.29, 1.82) is 5.41 Å². The molecule has 0 atom stereocenters. The predicted molar refractivity (Wildman–Crippen MR) is 52.9 cm³/mol. The van der Waals surface area contributed by atoms with Crippen LogP contribution in [0.25, 0.3) is 0 Å². The lowest BCUT2D eigenvalue weighted by atomic mass is 10.5. The Bertz CT molecular complexity index is 334. The number of aliphatic carboxylic acids is 2. The van der Waals surface area contributed by atoms with Gasteiger partial charge in [0.05, 0.1) is 6.54 Å². The van der Waals surface area contributed by atoms with E-state index in [1.54, 1.807) is 11.9 Å². The maximum Gasteiger partial charge on any atom is 0.328 e. The Hall–Kier alpha value is -2.38. The molecule has 0 saturated carbocycles. The molecule has 0 aromatic carbocycles. The third kappa shape index (κ3) is 6.13. The molecule has 1 amide bonds. The van der Waals surface area contributed by atoms with Gasteiger partial charge >= 0.3 is 11.9 Å². The third-order valence-electron chi connectivity index (χ3n) is 1.39. The van der Waals surface area contributed by atoms with Crippen LogP contribution in [0.3, 0.4) is 0 Å². The van der Waals surface area contributed by atoms with Crippen molar-refractivity contribution >= 4 is 23.8 Å². The summed E-state index contributed by atoms with van der Waals surface area (Å²) in [6.07, 6.45) is 1.12. The van der Waals surface area contributed by atoms with Gasteiger partial charge in [-0.3, -0.25) is 15.5 Å². The van der Waals surface area contributed by atoms with Crippen molar-refractivity contribution in [2.24, 2.45) is 0 Å². The number of carbonyl (C=O) groups is 3. The molecule has 88 valence electrons. The van der Waals surface area contributed by atoms with Gasteiger partial charge in [0, 0.05) is 19.2 Å². The SMILES string of the molecule is CN1CC(=O)NC1=N.O=C(O)/C=C/C(=O)O. The lowest BCUT2D eigenvalue weighted by Crippen LogP contribution is -2.25. The lowest BCUT2D eigenvalue weighted by molar-refractivity contribution is -0.134. The Morgan fingerprint density at radius 3 is 1.94 bits per heavy atom. The van der Waals surface area contributed by atoms with Crippen LogP contribution in [0.2, 0.25) is 0 Å². The van der Waals surface area contributed by atoms with Crippen molar-refractivity contribution in [2.75, 3.05) is 13.6 Å². The first-order valence-electron chi connectivity index (χ1n) is 4.06. The van der Waals surface area contributed by atoms with Gasteiger partial charge in [0.25, 0.3) is 0 Å². The fourth-order valence-electron chi connectivity index (χ4n) is 0.704. The molecule has 1 heterocycles. The maximum atomic E-state index is 10.4. The van der Waals surface area contributed by atoms with Gasteiger partial charge in [-0.2, -0.15) is 0 Å². The van der Waals surface area contributed by atoms with Crippen LogP contribution in [0.5, 0.6) is 0 Å². The second-order valence-electron chi connectivity index (χ2n) is 2.76. The molecule has 16 heavy (non-hydrogen) atoms. The number of guanidine groups is 1. The summed E-state index contributed by atoms with van der Waals surface area (Å²) in [5, 5.41) is 24.9.